The standard InChI is InChI=1S/C13H23N5O6S/c1-25-3-2-7(13(23)24)17-12(22)8(5-10(16)20)18-11(21)6(14)4-9(15)19/h6-8H,2-5,14H2,1H3,(H2,15,19)(H2,16,20)(H,17,22)(H,18,21)(H,23,24). The van der Waals surface area contributed by atoms with Crippen molar-refractivity contribution in [2.45, 2.75) is 37.4 Å². The van der Waals surface area contributed by atoms with Crippen molar-refractivity contribution in [3.63, 3.8) is 0 Å². The lowest BCUT2D eigenvalue weighted by molar-refractivity contribution is -0.142. The largest absolute Gasteiger partial charge is 0.480 e. The van der Waals surface area contributed by atoms with E-state index in [-0.39, 0.29) is 6.42 Å². The van der Waals surface area contributed by atoms with Crippen molar-refractivity contribution in [2.24, 2.45) is 17.2 Å². The number of primary amides is 2. The van der Waals surface area contributed by atoms with Crippen LogP contribution >= 0.6 is 11.8 Å². The van der Waals surface area contributed by atoms with Crippen LogP contribution in [0.25, 0.3) is 0 Å². The molecule has 142 valence electrons. The molecule has 0 bridgehead atoms. The molecule has 0 aromatic rings. The molecule has 4 amide bonds. The number of nitrogens with two attached hydrogens (primary N) is 3. The summed E-state index contributed by atoms with van der Waals surface area (Å²) in [5.74, 6) is -4.27. The number of nitrogens with one attached hydrogen (secondary N) is 2. The van der Waals surface area contributed by atoms with Crippen molar-refractivity contribution in [1.82, 2.24) is 10.6 Å². The Morgan fingerprint density at radius 2 is 1.48 bits per heavy atom. The van der Waals surface area contributed by atoms with Gasteiger partial charge in [-0.25, -0.2) is 4.79 Å². The number of amides is 4. The molecule has 0 saturated carbocycles. The molecular formula is C13H23N5O6S. The van der Waals surface area contributed by atoms with Gasteiger partial charge in [0.25, 0.3) is 0 Å². The predicted molar refractivity (Wildman–Crippen MR) is 90.1 cm³/mol. The minimum absolute atomic E-state index is 0.153. The fourth-order valence-corrected chi connectivity index (χ4v) is 2.24. The molecule has 12 heteroatoms. The van der Waals surface area contributed by atoms with E-state index in [0.29, 0.717) is 5.75 Å². The molecule has 3 atom stereocenters. The Morgan fingerprint density at radius 1 is 0.960 bits per heavy atom. The second-order valence-corrected chi connectivity index (χ2v) is 6.18. The third kappa shape index (κ3) is 9.52. The second-order valence-electron chi connectivity index (χ2n) is 5.19. The fourth-order valence-electron chi connectivity index (χ4n) is 1.76. The first-order valence-electron chi connectivity index (χ1n) is 7.23. The number of hydrogen-bond acceptors (Lipinski definition) is 7. The number of carboxylic acid groups (broad SMARTS) is 1. The maximum atomic E-state index is 12.2. The molecule has 0 aliphatic rings. The molecule has 0 aromatic heterocycles. The average molecular weight is 377 g/mol. The summed E-state index contributed by atoms with van der Waals surface area (Å²) in [6.07, 6.45) is 0.912. The summed E-state index contributed by atoms with van der Waals surface area (Å²) >= 11 is 1.39. The molecule has 25 heavy (non-hydrogen) atoms. The zero-order valence-electron chi connectivity index (χ0n) is 13.7. The highest BCUT2D eigenvalue weighted by molar-refractivity contribution is 7.98. The van der Waals surface area contributed by atoms with Crippen molar-refractivity contribution in [2.75, 3.05) is 12.0 Å². The Kier molecular flexibility index (Phi) is 10.2. The van der Waals surface area contributed by atoms with Crippen LogP contribution in [-0.2, 0) is 24.0 Å². The molecule has 0 heterocycles. The number of hydrogen-bond donors (Lipinski definition) is 6. The molecule has 11 nitrogen and oxygen atoms in total. The number of carbonyl (C=O) groups excluding carboxylic acids is 4. The molecular weight excluding hydrogens is 354 g/mol. The first-order chi connectivity index (χ1) is 11.6. The predicted octanol–water partition coefficient (Wildman–Crippen LogP) is -3.13. The highest BCUT2D eigenvalue weighted by atomic mass is 32.2. The third-order valence-corrected chi connectivity index (χ3v) is 3.67. The van der Waals surface area contributed by atoms with Crippen molar-refractivity contribution >= 4 is 41.4 Å². The van der Waals surface area contributed by atoms with Crippen LogP contribution in [0.15, 0.2) is 0 Å². The SMILES string of the molecule is CSCCC(NC(=O)C(CC(N)=O)NC(=O)C(N)CC(N)=O)C(=O)O. The summed E-state index contributed by atoms with van der Waals surface area (Å²) in [6, 6.07) is -3.92. The van der Waals surface area contributed by atoms with Gasteiger partial charge in [0.1, 0.15) is 12.1 Å². The summed E-state index contributed by atoms with van der Waals surface area (Å²) in [4.78, 5) is 57.1. The topological polar surface area (TPSA) is 208 Å². The van der Waals surface area contributed by atoms with Gasteiger partial charge >= 0.3 is 5.97 Å². The lowest BCUT2D eigenvalue weighted by Crippen LogP contribution is -2.55. The van der Waals surface area contributed by atoms with Crippen LogP contribution in [0.3, 0.4) is 0 Å². The molecule has 3 unspecified atom stereocenters. The Morgan fingerprint density at radius 3 is 1.92 bits per heavy atom. The van der Waals surface area contributed by atoms with Gasteiger partial charge in [0.15, 0.2) is 0 Å². The van der Waals surface area contributed by atoms with Gasteiger partial charge in [0.2, 0.25) is 23.6 Å². The van der Waals surface area contributed by atoms with Gasteiger partial charge in [-0.2, -0.15) is 11.8 Å². The van der Waals surface area contributed by atoms with E-state index < -0.39 is 60.6 Å². The smallest absolute Gasteiger partial charge is 0.326 e. The summed E-state index contributed by atoms with van der Waals surface area (Å²) in [5, 5.41) is 13.5. The van der Waals surface area contributed by atoms with Gasteiger partial charge in [-0.1, -0.05) is 0 Å². The van der Waals surface area contributed by atoms with E-state index >= 15 is 0 Å². The van der Waals surface area contributed by atoms with E-state index in [1.807, 2.05) is 0 Å². The Balaban J connectivity index is 5.01. The van der Waals surface area contributed by atoms with Gasteiger partial charge in [-0.15, -0.1) is 0 Å². The van der Waals surface area contributed by atoms with Crippen molar-refractivity contribution < 1.29 is 29.1 Å². The number of carboxylic acids is 1. The van der Waals surface area contributed by atoms with E-state index in [9.17, 15) is 24.0 Å². The molecule has 0 radical (unpaired) electrons. The van der Waals surface area contributed by atoms with Gasteiger partial charge < -0.3 is 32.9 Å². The van der Waals surface area contributed by atoms with Gasteiger partial charge in [0, 0.05) is 0 Å². The van der Waals surface area contributed by atoms with Crippen LogP contribution in [0.2, 0.25) is 0 Å². The molecule has 0 aromatic carbocycles. The van der Waals surface area contributed by atoms with Crippen LogP contribution in [0, 0.1) is 0 Å². The van der Waals surface area contributed by atoms with E-state index in [0.717, 1.165) is 0 Å². The van der Waals surface area contributed by atoms with Gasteiger partial charge in [-0.05, 0) is 18.4 Å². The maximum Gasteiger partial charge on any atom is 0.326 e. The summed E-state index contributed by atoms with van der Waals surface area (Å²) in [6.45, 7) is 0. The van der Waals surface area contributed by atoms with E-state index in [4.69, 9.17) is 22.3 Å². The molecule has 0 rings (SSSR count). The number of aliphatic carboxylic acids is 1. The third-order valence-electron chi connectivity index (χ3n) is 3.02. The monoisotopic (exact) mass is 377 g/mol. The number of thioether (sulfide) groups is 1. The molecule has 0 saturated heterocycles. The Bertz CT molecular complexity index is 529. The zero-order valence-corrected chi connectivity index (χ0v) is 14.5. The molecule has 0 fully saturated rings. The molecule has 0 spiro atoms. The number of carbonyl (C=O) groups is 5. The van der Waals surface area contributed by atoms with Crippen molar-refractivity contribution in [1.29, 1.82) is 0 Å². The van der Waals surface area contributed by atoms with Crippen LogP contribution in [0.4, 0.5) is 0 Å². The van der Waals surface area contributed by atoms with Gasteiger partial charge in [-0.3, -0.25) is 19.2 Å². The van der Waals surface area contributed by atoms with Crippen LogP contribution < -0.4 is 27.8 Å². The van der Waals surface area contributed by atoms with Crippen LogP contribution in [0.1, 0.15) is 19.3 Å². The Labute approximate surface area is 148 Å². The maximum absolute atomic E-state index is 12.2. The average Bonchev–Trinajstić information content (AvgIpc) is 2.48. The highest BCUT2D eigenvalue weighted by Gasteiger charge is 2.29. The minimum atomic E-state index is -1.42. The summed E-state index contributed by atoms with van der Waals surface area (Å²) in [5.41, 5.74) is 15.4. The highest BCUT2D eigenvalue weighted by Crippen LogP contribution is 2.03. The first-order valence-corrected chi connectivity index (χ1v) is 8.62. The van der Waals surface area contributed by atoms with E-state index in [2.05, 4.69) is 10.6 Å². The van der Waals surface area contributed by atoms with Gasteiger partial charge in [0.05, 0.1) is 18.9 Å². The molecule has 9 N–H and O–H groups in total. The fraction of sp³-hybridized carbons (Fsp3) is 0.615. The number of rotatable bonds is 12. The van der Waals surface area contributed by atoms with Crippen molar-refractivity contribution in [3.05, 3.63) is 0 Å². The lowest BCUT2D eigenvalue weighted by atomic mass is 10.1. The molecule has 0 aliphatic carbocycles. The Hall–Kier alpha value is -2.34. The molecule has 0 aliphatic heterocycles. The zero-order chi connectivity index (χ0) is 19.6. The summed E-state index contributed by atoms with van der Waals surface area (Å²) in [7, 11) is 0. The lowest BCUT2D eigenvalue weighted by Gasteiger charge is -2.21. The minimum Gasteiger partial charge on any atom is -0.480 e. The van der Waals surface area contributed by atoms with Crippen molar-refractivity contribution in [3.8, 4) is 0 Å². The van der Waals surface area contributed by atoms with Crippen LogP contribution in [-0.4, -0.2) is 64.8 Å². The van der Waals surface area contributed by atoms with E-state index in [1.54, 1.807) is 6.26 Å². The normalized spacial score (nSPS) is 14.0. The van der Waals surface area contributed by atoms with Crippen LogP contribution in [0.5, 0.6) is 0 Å². The quantitative estimate of drug-likeness (QED) is 0.204. The summed E-state index contributed by atoms with van der Waals surface area (Å²) < 4.78 is 0. The van der Waals surface area contributed by atoms with E-state index in [1.165, 1.54) is 11.8 Å². The first kappa shape index (κ1) is 22.7. The second kappa shape index (κ2) is 11.3.